The number of H-pyrrole nitrogens is 1. The number of hydrogen-bond donors (Lipinski definition) is 2. The lowest BCUT2D eigenvalue weighted by Gasteiger charge is -2.36. The van der Waals surface area contributed by atoms with Gasteiger partial charge in [-0.3, -0.25) is 9.59 Å². The molecule has 0 spiro atoms. The highest BCUT2D eigenvalue weighted by Gasteiger charge is 2.46. The zero-order valence-electron chi connectivity index (χ0n) is 16.7. The fourth-order valence-corrected chi connectivity index (χ4v) is 4.27. The Labute approximate surface area is 176 Å². The smallest absolute Gasteiger partial charge is 0.366 e. The van der Waals surface area contributed by atoms with Crippen LogP contribution in [0.4, 0.5) is 19.0 Å². The molecule has 2 atom stereocenters. The van der Waals surface area contributed by atoms with Gasteiger partial charge >= 0.3 is 6.18 Å². The number of aromatic amines is 1. The maximum atomic E-state index is 12.9. The SMILES string of the molecule is NC(=O)C=Cc1c[nH]c2ncc(N3CCN(C(=O)[C@@H]4CC[C@@H](C(F)(F)F)C4)CC3)nc12. The molecule has 2 aliphatic rings. The molecule has 2 fully saturated rings. The van der Waals surface area contributed by atoms with Gasteiger partial charge in [-0.25, -0.2) is 9.97 Å². The number of hydrogen-bond acceptors (Lipinski definition) is 5. The predicted molar refractivity (Wildman–Crippen MR) is 108 cm³/mol. The molecule has 1 aliphatic carbocycles. The molecule has 11 heteroatoms. The molecule has 0 bridgehead atoms. The maximum absolute atomic E-state index is 12.9. The Balaban J connectivity index is 1.40. The molecule has 31 heavy (non-hydrogen) atoms. The highest BCUT2D eigenvalue weighted by molar-refractivity contribution is 5.93. The Morgan fingerprint density at radius 1 is 1.19 bits per heavy atom. The summed E-state index contributed by atoms with van der Waals surface area (Å²) in [5.41, 5.74) is 6.99. The number of nitrogens with zero attached hydrogens (tertiary/aromatic N) is 4. The fraction of sp³-hybridized carbons (Fsp3) is 0.500. The van der Waals surface area contributed by atoms with E-state index in [1.54, 1.807) is 23.4 Å². The van der Waals surface area contributed by atoms with Gasteiger partial charge in [-0.1, -0.05) is 0 Å². The number of fused-ring (bicyclic) bond motifs is 1. The lowest BCUT2D eigenvalue weighted by molar-refractivity contribution is -0.173. The van der Waals surface area contributed by atoms with Crippen molar-refractivity contribution in [3.05, 3.63) is 24.0 Å². The summed E-state index contributed by atoms with van der Waals surface area (Å²) in [6, 6.07) is 0. The van der Waals surface area contributed by atoms with Crippen LogP contribution in [-0.2, 0) is 9.59 Å². The summed E-state index contributed by atoms with van der Waals surface area (Å²) in [6.45, 7) is 1.87. The van der Waals surface area contributed by atoms with Crippen molar-refractivity contribution in [2.24, 2.45) is 17.6 Å². The molecule has 2 aromatic heterocycles. The van der Waals surface area contributed by atoms with E-state index in [2.05, 4.69) is 15.0 Å². The van der Waals surface area contributed by atoms with Crippen LogP contribution >= 0.6 is 0 Å². The predicted octanol–water partition coefficient (Wildman–Crippen LogP) is 2.08. The zero-order chi connectivity index (χ0) is 22.2. The van der Waals surface area contributed by atoms with Gasteiger partial charge in [-0.15, -0.1) is 0 Å². The summed E-state index contributed by atoms with van der Waals surface area (Å²) in [4.78, 5) is 39.3. The largest absolute Gasteiger partial charge is 0.391 e. The fourth-order valence-electron chi connectivity index (χ4n) is 4.27. The van der Waals surface area contributed by atoms with Crippen molar-refractivity contribution in [3.63, 3.8) is 0 Å². The molecule has 2 aromatic rings. The van der Waals surface area contributed by atoms with Crippen LogP contribution in [0.2, 0.25) is 0 Å². The van der Waals surface area contributed by atoms with E-state index in [0.29, 0.717) is 55.1 Å². The first-order valence-corrected chi connectivity index (χ1v) is 10.1. The summed E-state index contributed by atoms with van der Waals surface area (Å²) < 4.78 is 38.7. The molecule has 1 saturated heterocycles. The molecular weight excluding hydrogens is 413 g/mol. The third-order valence-corrected chi connectivity index (χ3v) is 5.98. The molecule has 0 unspecified atom stereocenters. The lowest BCUT2D eigenvalue weighted by Crippen LogP contribution is -2.50. The third-order valence-electron chi connectivity index (χ3n) is 5.98. The van der Waals surface area contributed by atoms with Gasteiger partial charge in [-0.05, 0) is 25.3 Å². The minimum atomic E-state index is -4.23. The van der Waals surface area contributed by atoms with Gasteiger partial charge in [0.2, 0.25) is 11.8 Å². The number of carbonyl (C=O) groups excluding carboxylic acids is 2. The molecule has 3 N–H and O–H groups in total. The van der Waals surface area contributed by atoms with Crippen molar-refractivity contribution in [3.8, 4) is 0 Å². The average Bonchev–Trinajstić information content (AvgIpc) is 3.39. The van der Waals surface area contributed by atoms with Crippen LogP contribution in [0.25, 0.3) is 17.2 Å². The quantitative estimate of drug-likeness (QED) is 0.714. The number of piperazine rings is 1. The number of rotatable bonds is 4. The monoisotopic (exact) mass is 436 g/mol. The van der Waals surface area contributed by atoms with Crippen LogP contribution in [-0.4, -0.2) is 64.0 Å². The number of nitrogens with two attached hydrogens (primary N) is 1. The topological polar surface area (TPSA) is 108 Å². The Bertz CT molecular complexity index is 1010. The normalized spacial score (nSPS) is 22.5. The number of aromatic nitrogens is 3. The van der Waals surface area contributed by atoms with Gasteiger partial charge in [-0.2, -0.15) is 13.2 Å². The first kappa shape index (κ1) is 21.1. The highest BCUT2D eigenvalue weighted by Crippen LogP contribution is 2.42. The minimum absolute atomic E-state index is 0.0265. The molecule has 1 saturated carbocycles. The molecule has 3 heterocycles. The van der Waals surface area contributed by atoms with E-state index in [1.165, 1.54) is 6.08 Å². The number of halogens is 3. The summed E-state index contributed by atoms with van der Waals surface area (Å²) in [7, 11) is 0. The molecule has 1 aliphatic heterocycles. The van der Waals surface area contributed by atoms with Crippen LogP contribution in [0.3, 0.4) is 0 Å². The summed E-state index contributed by atoms with van der Waals surface area (Å²) >= 11 is 0. The van der Waals surface area contributed by atoms with Crippen molar-refractivity contribution in [1.82, 2.24) is 19.9 Å². The van der Waals surface area contributed by atoms with E-state index >= 15 is 0 Å². The number of amides is 2. The molecule has 2 amide bonds. The van der Waals surface area contributed by atoms with Crippen LogP contribution in [0.1, 0.15) is 24.8 Å². The number of anilines is 1. The summed E-state index contributed by atoms with van der Waals surface area (Å²) in [5.74, 6) is -2.04. The van der Waals surface area contributed by atoms with E-state index < -0.39 is 23.9 Å². The molecule has 8 nitrogen and oxygen atoms in total. The van der Waals surface area contributed by atoms with Gasteiger partial charge < -0.3 is 20.5 Å². The number of primary amides is 1. The van der Waals surface area contributed by atoms with Crippen molar-refractivity contribution in [2.75, 3.05) is 31.1 Å². The standard InChI is InChI=1S/C20H23F3N6O2/c21-20(22,23)14-3-1-12(9-14)19(31)29-7-5-28(6-8-29)16-11-26-18-17(27-16)13(10-25-18)2-4-15(24)30/h2,4,10-12,14H,1,3,5-9H2,(H2,24,30)(H,25,26)/t12-,14-/m1/s1. The Morgan fingerprint density at radius 2 is 1.94 bits per heavy atom. The number of carbonyl (C=O) groups is 2. The maximum Gasteiger partial charge on any atom is 0.391 e. The summed E-state index contributed by atoms with van der Waals surface area (Å²) in [5, 5.41) is 0. The first-order chi connectivity index (χ1) is 14.7. The second-order valence-electron chi connectivity index (χ2n) is 7.97. The highest BCUT2D eigenvalue weighted by atomic mass is 19.4. The molecule has 166 valence electrons. The van der Waals surface area contributed by atoms with Gasteiger partial charge in [0.25, 0.3) is 0 Å². The van der Waals surface area contributed by atoms with Crippen LogP contribution in [0, 0.1) is 11.8 Å². The Kier molecular flexibility index (Phi) is 5.59. The molecule has 0 aromatic carbocycles. The van der Waals surface area contributed by atoms with Crippen LogP contribution in [0.15, 0.2) is 18.5 Å². The third kappa shape index (κ3) is 4.49. The second-order valence-corrected chi connectivity index (χ2v) is 7.97. The molecule has 0 radical (unpaired) electrons. The van der Waals surface area contributed by atoms with E-state index in [0.717, 1.165) is 0 Å². The van der Waals surface area contributed by atoms with Crippen molar-refractivity contribution < 1.29 is 22.8 Å². The van der Waals surface area contributed by atoms with Crippen LogP contribution < -0.4 is 10.6 Å². The van der Waals surface area contributed by atoms with Gasteiger partial charge in [0.1, 0.15) is 11.3 Å². The average molecular weight is 436 g/mol. The lowest BCUT2D eigenvalue weighted by atomic mass is 10.0. The number of nitrogens with one attached hydrogen (secondary N) is 1. The van der Waals surface area contributed by atoms with Crippen LogP contribution in [0.5, 0.6) is 0 Å². The van der Waals surface area contributed by atoms with Gasteiger partial charge in [0.05, 0.1) is 12.1 Å². The number of alkyl halides is 3. The molecular formula is C20H23F3N6O2. The zero-order valence-corrected chi connectivity index (χ0v) is 16.7. The van der Waals surface area contributed by atoms with Crippen molar-refractivity contribution in [2.45, 2.75) is 25.4 Å². The second kappa shape index (κ2) is 8.20. The Hall–Kier alpha value is -3.11. The first-order valence-electron chi connectivity index (χ1n) is 10.1. The van der Waals surface area contributed by atoms with Gasteiger partial charge in [0.15, 0.2) is 5.65 Å². The molecule has 4 rings (SSSR count). The van der Waals surface area contributed by atoms with E-state index in [-0.39, 0.29) is 18.7 Å². The van der Waals surface area contributed by atoms with Crippen molar-refractivity contribution in [1.29, 1.82) is 0 Å². The minimum Gasteiger partial charge on any atom is -0.366 e. The summed E-state index contributed by atoms with van der Waals surface area (Å²) in [6.07, 6.45) is 2.09. The Morgan fingerprint density at radius 3 is 2.58 bits per heavy atom. The van der Waals surface area contributed by atoms with E-state index in [1.807, 2.05) is 4.90 Å². The van der Waals surface area contributed by atoms with E-state index in [4.69, 9.17) is 5.73 Å². The van der Waals surface area contributed by atoms with Crippen molar-refractivity contribution >= 4 is 34.9 Å². The van der Waals surface area contributed by atoms with E-state index in [9.17, 15) is 22.8 Å². The van der Waals surface area contributed by atoms with Gasteiger partial charge in [0, 0.05) is 49.9 Å².